The van der Waals surface area contributed by atoms with Crippen LogP contribution in [0, 0.1) is 11.6 Å². The molecule has 2 aliphatic heterocycles. The normalized spacial score (nSPS) is 14.2. The molecule has 4 heterocycles. The summed E-state index contributed by atoms with van der Waals surface area (Å²) in [5.74, 6) is -0.492. The van der Waals surface area contributed by atoms with Crippen LogP contribution in [0.2, 0.25) is 0 Å². The fourth-order valence-corrected chi connectivity index (χ4v) is 13.0. The number of pyridine rings is 1. The number of hydrogen-bond acceptors (Lipinski definition) is 4. The van der Waals surface area contributed by atoms with Gasteiger partial charge in [-0.25, -0.2) is 21.4 Å². The van der Waals surface area contributed by atoms with Crippen molar-refractivity contribution < 1.29 is 21.4 Å². The summed E-state index contributed by atoms with van der Waals surface area (Å²) in [6.07, 6.45) is 6.33. The third-order valence-electron chi connectivity index (χ3n) is 14.1. The van der Waals surface area contributed by atoms with Crippen molar-refractivity contribution in [3.05, 3.63) is 238 Å². The monoisotopic (exact) mass is 1100 g/mol. The van der Waals surface area contributed by atoms with E-state index in [2.05, 4.69) is 81.4 Å². The quantitative estimate of drug-likeness (QED) is 0.156. The molecule has 12 rings (SSSR count). The SMILES string of the molecule is CC.CC(c1ccc(S(=O)N2CCCc3ccc(-c4ccc5[nH]ccc5c4)cc32)cc1)c1ccc(S(=O)(=O)N2CCc3ccc(Br)cc3C2)cc1.Fc1ccc(-c2ccc3ccnc(-c4ccc(F)cc4)c3c2)cc1. The molecule has 0 amide bonds. The Bertz CT molecular complexity index is 3790. The largest absolute Gasteiger partial charge is 0.361 e. The van der Waals surface area contributed by atoms with Gasteiger partial charge in [-0.2, -0.15) is 4.31 Å². The predicted molar refractivity (Wildman–Crippen MR) is 306 cm³/mol. The molecule has 2 aromatic heterocycles. The Labute approximate surface area is 448 Å². The van der Waals surface area contributed by atoms with Gasteiger partial charge in [0.25, 0.3) is 0 Å². The number of aromatic nitrogens is 2. The van der Waals surface area contributed by atoms with E-state index in [-0.39, 0.29) is 17.6 Å². The van der Waals surface area contributed by atoms with Gasteiger partial charge in [0.15, 0.2) is 11.0 Å². The summed E-state index contributed by atoms with van der Waals surface area (Å²) in [6.45, 7) is 7.69. The van der Waals surface area contributed by atoms with Gasteiger partial charge in [-0.3, -0.25) is 9.29 Å². The van der Waals surface area contributed by atoms with E-state index in [1.54, 1.807) is 46.9 Å². The van der Waals surface area contributed by atoms with Crippen molar-refractivity contribution in [3.8, 4) is 33.5 Å². The second-order valence-electron chi connectivity index (χ2n) is 18.5. The zero-order chi connectivity index (χ0) is 52.2. The summed E-state index contributed by atoms with van der Waals surface area (Å²) in [4.78, 5) is 8.80. The lowest BCUT2D eigenvalue weighted by atomic mass is 9.93. The van der Waals surface area contributed by atoms with Gasteiger partial charge in [-0.05, 0) is 189 Å². The molecule has 0 radical (unpaired) electrons. The molecule has 10 aromatic rings. The lowest BCUT2D eigenvalue weighted by Crippen LogP contribution is -2.35. The van der Waals surface area contributed by atoms with Gasteiger partial charge in [-0.1, -0.05) is 109 Å². The molecule has 0 saturated heterocycles. The van der Waals surface area contributed by atoms with Crippen LogP contribution in [0.5, 0.6) is 0 Å². The molecule has 0 saturated carbocycles. The highest BCUT2D eigenvalue weighted by Crippen LogP contribution is 2.37. The molecule has 8 aromatic carbocycles. The van der Waals surface area contributed by atoms with Crippen molar-refractivity contribution in [2.75, 3.05) is 17.4 Å². The maximum Gasteiger partial charge on any atom is 0.243 e. The van der Waals surface area contributed by atoms with Crippen LogP contribution < -0.4 is 4.31 Å². The minimum absolute atomic E-state index is 0.0362. The molecule has 378 valence electrons. The van der Waals surface area contributed by atoms with Gasteiger partial charge in [0.1, 0.15) is 11.6 Å². The highest BCUT2D eigenvalue weighted by Gasteiger charge is 2.29. The molecule has 12 heteroatoms. The standard InChI is InChI=1S/C40H36BrN3O3S2.C21H13F2N.C2H6/c1-27(29-9-15-38(16-10-29)49(46,47)43-22-19-30-6-12-36(41)24-35(30)26-43)28-7-13-37(14-8-28)48(45)44-21-2-3-31-4-5-33(25-40(31)44)32-11-17-39-34(23-32)18-20-42-39;22-18-7-3-14(4-8-18)17-2-1-15-11-12-24-21(20(15)13-17)16-5-9-19(23)10-6-16;1-2/h4-18,20,23-25,27,42H,2-3,19,21-22,26H2,1H3;1-13H;1-2H3. The second-order valence-corrected chi connectivity index (χ2v) is 22.8. The number of sulfonamides is 1. The molecular formula is C63H55BrF2N4O3S2. The minimum Gasteiger partial charge on any atom is -0.361 e. The van der Waals surface area contributed by atoms with Crippen LogP contribution in [0.1, 0.15) is 60.9 Å². The average Bonchev–Trinajstić information content (AvgIpc) is 3.94. The highest BCUT2D eigenvalue weighted by molar-refractivity contribution is 9.10. The van der Waals surface area contributed by atoms with E-state index in [1.807, 2.05) is 97.1 Å². The van der Waals surface area contributed by atoms with Crippen molar-refractivity contribution >= 4 is 64.3 Å². The van der Waals surface area contributed by atoms with E-state index in [9.17, 15) is 21.4 Å². The first-order chi connectivity index (χ1) is 36.4. The molecule has 2 atom stereocenters. The number of nitrogens with one attached hydrogen (secondary N) is 1. The number of nitrogens with zero attached hydrogens (tertiary/aromatic N) is 3. The number of anilines is 1. The maximum atomic E-state index is 14.0. The zero-order valence-electron chi connectivity index (χ0n) is 41.8. The van der Waals surface area contributed by atoms with Crippen LogP contribution in [-0.2, 0) is 40.4 Å². The van der Waals surface area contributed by atoms with E-state index in [1.165, 1.54) is 40.8 Å². The first-order valence-electron chi connectivity index (χ1n) is 25.2. The van der Waals surface area contributed by atoms with Gasteiger partial charge >= 0.3 is 0 Å². The van der Waals surface area contributed by atoms with Gasteiger partial charge in [0, 0.05) is 58.9 Å². The molecule has 0 fully saturated rings. The third kappa shape index (κ3) is 11.0. The molecule has 2 unspecified atom stereocenters. The Hall–Kier alpha value is -7.09. The summed E-state index contributed by atoms with van der Waals surface area (Å²) >= 11 is 3.51. The van der Waals surface area contributed by atoms with Gasteiger partial charge in [0.2, 0.25) is 10.0 Å². The number of rotatable bonds is 9. The Morgan fingerprint density at radius 3 is 1.97 bits per heavy atom. The van der Waals surface area contributed by atoms with E-state index >= 15 is 0 Å². The predicted octanol–water partition coefficient (Wildman–Crippen LogP) is 15.8. The smallest absolute Gasteiger partial charge is 0.243 e. The molecule has 7 nitrogen and oxygen atoms in total. The van der Waals surface area contributed by atoms with Crippen molar-refractivity contribution in [2.24, 2.45) is 0 Å². The van der Waals surface area contributed by atoms with Gasteiger partial charge in [-0.15, -0.1) is 0 Å². The lowest BCUT2D eigenvalue weighted by molar-refractivity contribution is 0.391. The topological polar surface area (TPSA) is 86.4 Å². The summed E-state index contributed by atoms with van der Waals surface area (Å²) in [7, 11) is -4.97. The Morgan fingerprint density at radius 2 is 1.24 bits per heavy atom. The summed E-state index contributed by atoms with van der Waals surface area (Å²) < 4.78 is 72.0. The number of halogens is 3. The Kier molecular flexibility index (Phi) is 15.4. The van der Waals surface area contributed by atoms with Crippen molar-refractivity contribution in [1.29, 1.82) is 0 Å². The van der Waals surface area contributed by atoms with E-state index in [0.29, 0.717) is 24.4 Å². The molecule has 0 bridgehead atoms. The maximum absolute atomic E-state index is 14.0. The van der Waals surface area contributed by atoms with Crippen LogP contribution in [-0.4, -0.2) is 40.0 Å². The van der Waals surface area contributed by atoms with Crippen LogP contribution in [0.15, 0.2) is 209 Å². The fraction of sp³-hybridized carbons (Fsp3) is 0.159. The van der Waals surface area contributed by atoms with Crippen molar-refractivity contribution in [1.82, 2.24) is 14.3 Å². The first-order valence-corrected chi connectivity index (χ1v) is 28.6. The van der Waals surface area contributed by atoms with E-state index in [4.69, 9.17) is 0 Å². The number of benzene rings is 8. The van der Waals surface area contributed by atoms with Crippen molar-refractivity contribution in [3.63, 3.8) is 0 Å². The molecular weight excluding hydrogens is 1040 g/mol. The molecule has 2 aliphatic rings. The molecule has 0 aliphatic carbocycles. The van der Waals surface area contributed by atoms with Crippen LogP contribution >= 0.6 is 15.9 Å². The van der Waals surface area contributed by atoms with Gasteiger partial charge < -0.3 is 4.98 Å². The van der Waals surface area contributed by atoms with Crippen LogP contribution in [0.3, 0.4) is 0 Å². The van der Waals surface area contributed by atoms with Gasteiger partial charge in [0.05, 0.1) is 21.2 Å². The molecule has 0 spiro atoms. The number of aryl methyl sites for hydroxylation is 1. The number of H-pyrrole nitrogens is 1. The summed E-state index contributed by atoms with van der Waals surface area (Å²) in [5, 5.41) is 3.20. The lowest BCUT2D eigenvalue weighted by Gasteiger charge is -2.30. The summed E-state index contributed by atoms with van der Waals surface area (Å²) in [6, 6.07) is 57.1. The van der Waals surface area contributed by atoms with E-state index < -0.39 is 21.0 Å². The van der Waals surface area contributed by atoms with Crippen LogP contribution in [0.25, 0.3) is 55.2 Å². The van der Waals surface area contributed by atoms with Crippen molar-refractivity contribution in [2.45, 2.75) is 62.3 Å². The second kappa shape index (κ2) is 22.4. The number of aromatic amines is 1. The highest BCUT2D eigenvalue weighted by atomic mass is 79.9. The Balaban J connectivity index is 0.000000206. The average molecular weight is 1100 g/mol. The molecule has 1 N–H and O–H groups in total. The molecule has 75 heavy (non-hydrogen) atoms. The fourth-order valence-electron chi connectivity index (χ4n) is 9.93. The number of hydrogen-bond donors (Lipinski definition) is 1. The van der Waals surface area contributed by atoms with E-state index in [0.717, 1.165) is 101 Å². The minimum atomic E-state index is -3.62. The summed E-state index contributed by atoms with van der Waals surface area (Å²) in [5.41, 5.74) is 13.5. The third-order valence-corrected chi connectivity index (χ3v) is 17.9. The van der Waals surface area contributed by atoms with Crippen LogP contribution in [0.4, 0.5) is 14.5 Å². The Morgan fingerprint density at radius 1 is 0.613 bits per heavy atom. The zero-order valence-corrected chi connectivity index (χ0v) is 45.0. The first kappa shape index (κ1) is 51.4. The number of fused-ring (bicyclic) bond motifs is 4.